The van der Waals surface area contributed by atoms with Gasteiger partial charge in [-0.2, -0.15) is 13.2 Å². The Kier molecular flexibility index (Phi) is 5.01. The van der Waals surface area contributed by atoms with Gasteiger partial charge >= 0.3 is 12.2 Å². The number of likely N-dealkylation sites (tertiary alicyclic amines) is 1. The van der Waals surface area contributed by atoms with Crippen LogP contribution in [-0.4, -0.2) is 58.5 Å². The van der Waals surface area contributed by atoms with E-state index in [0.29, 0.717) is 16.9 Å². The monoisotopic (exact) mass is 398 g/mol. The maximum Gasteiger partial charge on any atom is 0.440 e. The topological polar surface area (TPSA) is 98.8 Å². The lowest BCUT2D eigenvalue weighted by molar-refractivity contribution is -0.204. The molecule has 1 aromatic rings. The molecule has 0 saturated carbocycles. The normalized spacial score (nSPS) is 22.6. The number of nitrogens with zero attached hydrogens (tertiary/aromatic N) is 2. The summed E-state index contributed by atoms with van der Waals surface area (Å²) in [5, 5.41) is 3.17. The fourth-order valence-corrected chi connectivity index (χ4v) is 3.13. The second-order valence-corrected chi connectivity index (χ2v) is 6.52. The van der Waals surface area contributed by atoms with Gasteiger partial charge in [0, 0.05) is 13.0 Å². The second-order valence-electron chi connectivity index (χ2n) is 6.52. The zero-order valence-electron chi connectivity index (χ0n) is 14.6. The van der Waals surface area contributed by atoms with Gasteiger partial charge in [-0.25, -0.2) is 4.79 Å². The van der Waals surface area contributed by atoms with Crippen LogP contribution in [-0.2, 0) is 20.9 Å². The number of carbonyl (C=O) groups excluding carboxylic acids is 4. The summed E-state index contributed by atoms with van der Waals surface area (Å²) in [6.07, 6.45) is -4.58. The van der Waals surface area contributed by atoms with E-state index in [-0.39, 0.29) is 25.4 Å². The van der Waals surface area contributed by atoms with Gasteiger partial charge in [0.15, 0.2) is 0 Å². The first-order valence-electron chi connectivity index (χ1n) is 8.47. The third-order valence-electron chi connectivity index (χ3n) is 4.55. The summed E-state index contributed by atoms with van der Waals surface area (Å²) in [6.45, 7) is -0.770. The molecule has 1 atom stereocenters. The summed E-state index contributed by atoms with van der Waals surface area (Å²) in [4.78, 5) is 49.9. The largest absolute Gasteiger partial charge is 0.440 e. The summed E-state index contributed by atoms with van der Waals surface area (Å²) in [7, 11) is 0. The Morgan fingerprint density at radius 3 is 2.43 bits per heavy atom. The van der Waals surface area contributed by atoms with Crippen molar-refractivity contribution in [2.45, 2.75) is 31.2 Å². The Morgan fingerprint density at radius 1 is 1.18 bits per heavy atom. The minimum Gasteiger partial charge on any atom is -0.333 e. The molecular weight excluding hydrogens is 381 g/mol. The number of carbonyl (C=O) groups is 4. The standard InChI is InChI=1S/C17H17F3N4O4/c18-17(19,20)16(21-12(25)10-23-8-4-7-13(23)26)14(27)24(15(28)22-16)9-11-5-2-1-3-6-11/h1-3,5-6H,4,7-10H2,(H,21,25)(H,22,28)/t16-/m1/s1. The fourth-order valence-electron chi connectivity index (χ4n) is 3.13. The van der Waals surface area contributed by atoms with Crippen molar-refractivity contribution in [1.82, 2.24) is 20.4 Å². The highest BCUT2D eigenvalue weighted by molar-refractivity contribution is 6.09. The molecule has 11 heteroatoms. The van der Waals surface area contributed by atoms with Crippen molar-refractivity contribution >= 4 is 23.8 Å². The molecule has 0 bridgehead atoms. The number of amides is 5. The minimum atomic E-state index is -5.28. The molecule has 5 amide bonds. The van der Waals surface area contributed by atoms with Crippen LogP contribution in [0.4, 0.5) is 18.0 Å². The van der Waals surface area contributed by atoms with Crippen molar-refractivity contribution in [1.29, 1.82) is 0 Å². The zero-order valence-corrected chi connectivity index (χ0v) is 14.6. The molecule has 8 nitrogen and oxygen atoms in total. The Labute approximate surface area is 157 Å². The highest BCUT2D eigenvalue weighted by Crippen LogP contribution is 2.34. The van der Waals surface area contributed by atoms with Crippen LogP contribution in [0.2, 0.25) is 0 Å². The maximum absolute atomic E-state index is 13.7. The van der Waals surface area contributed by atoms with Crippen LogP contribution in [0.25, 0.3) is 0 Å². The summed E-state index contributed by atoms with van der Waals surface area (Å²) in [5.74, 6) is -3.18. The number of alkyl halides is 3. The van der Waals surface area contributed by atoms with E-state index in [1.54, 1.807) is 41.0 Å². The van der Waals surface area contributed by atoms with Gasteiger partial charge in [-0.1, -0.05) is 30.3 Å². The van der Waals surface area contributed by atoms with Gasteiger partial charge in [0.25, 0.3) is 11.6 Å². The summed E-state index contributed by atoms with van der Waals surface area (Å²) >= 11 is 0. The van der Waals surface area contributed by atoms with Crippen molar-refractivity contribution in [3.63, 3.8) is 0 Å². The van der Waals surface area contributed by atoms with E-state index in [2.05, 4.69) is 0 Å². The second kappa shape index (κ2) is 7.13. The Balaban J connectivity index is 1.81. The molecule has 150 valence electrons. The SMILES string of the molecule is O=C(CN1CCCC1=O)N[C@@]1(C(F)(F)F)NC(=O)N(Cc2ccccc2)C1=O. The summed E-state index contributed by atoms with van der Waals surface area (Å²) in [6, 6.07) is 6.72. The van der Waals surface area contributed by atoms with Crippen LogP contribution in [0.5, 0.6) is 0 Å². The molecule has 0 unspecified atom stereocenters. The number of hydrogen-bond acceptors (Lipinski definition) is 4. The third-order valence-corrected chi connectivity index (χ3v) is 4.55. The first-order valence-corrected chi connectivity index (χ1v) is 8.47. The highest BCUT2D eigenvalue weighted by atomic mass is 19.4. The Morgan fingerprint density at radius 2 is 1.86 bits per heavy atom. The third kappa shape index (κ3) is 3.51. The summed E-state index contributed by atoms with van der Waals surface area (Å²) < 4.78 is 41.2. The van der Waals surface area contributed by atoms with Crippen LogP contribution >= 0.6 is 0 Å². The average molecular weight is 398 g/mol. The predicted octanol–water partition coefficient (Wildman–Crippen LogP) is 0.736. The molecule has 2 fully saturated rings. The van der Waals surface area contributed by atoms with E-state index in [1.807, 2.05) is 0 Å². The summed E-state index contributed by atoms with van der Waals surface area (Å²) in [5.41, 5.74) is -3.13. The molecule has 28 heavy (non-hydrogen) atoms. The molecule has 2 aliphatic rings. The molecule has 2 N–H and O–H groups in total. The van der Waals surface area contributed by atoms with Crippen molar-refractivity contribution in [2.24, 2.45) is 0 Å². The Hall–Kier alpha value is -3.11. The van der Waals surface area contributed by atoms with E-state index in [0.717, 1.165) is 4.90 Å². The molecular formula is C17H17F3N4O4. The number of benzene rings is 1. The first-order chi connectivity index (χ1) is 13.1. The number of hydrogen-bond donors (Lipinski definition) is 2. The van der Waals surface area contributed by atoms with Crippen molar-refractivity contribution in [3.05, 3.63) is 35.9 Å². The van der Waals surface area contributed by atoms with Gasteiger partial charge < -0.3 is 10.2 Å². The lowest BCUT2D eigenvalue weighted by Gasteiger charge is -2.30. The van der Waals surface area contributed by atoms with Gasteiger partial charge in [-0.05, 0) is 12.0 Å². The van der Waals surface area contributed by atoms with Gasteiger partial charge in [-0.15, -0.1) is 0 Å². The smallest absolute Gasteiger partial charge is 0.333 e. The van der Waals surface area contributed by atoms with Crippen LogP contribution in [0.15, 0.2) is 30.3 Å². The first kappa shape index (κ1) is 19.6. The number of rotatable bonds is 5. The van der Waals surface area contributed by atoms with E-state index in [1.165, 1.54) is 0 Å². The van der Waals surface area contributed by atoms with E-state index in [4.69, 9.17) is 0 Å². The van der Waals surface area contributed by atoms with Gasteiger partial charge in [0.05, 0.1) is 13.1 Å². The number of urea groups is 1. The number of halogens is 3. The van der Waals surface area contributed by atoms with Crippen LogP contribution in [0.1, 0.15) is 18.4 Å². The molecule has 2 heterocycles. The van der Waals surface area contributed by atoms with Gasteiger partial charge in [-0.3, -0.25) is 24.6 Å². The van der Waals surface area contributed by atoms with Crippen molar-refractivity contribution < 1.29 is 32.3 Å². The predicted molar refractivity (Wildman–Crippen MR) is 88.3 cm³/mol. The van der Waals surface area contributed by atoms with Crippen LogP contribution in [0.3, 0.4) is 0 Å². The lowest BCUT2D eigenvalue weighted by atomic mass is 10.1. The lowest BCUT2D eigenvalue weighted by Crippen LogP contribution is -2.70. The molecule has 0 aromatic heterocycles. The highest BCUT2D eigenvalue weighted by Gasteiger charge is 2.68. The maximum atomic E-state index is 13.7. The molecule has 0 aliphatic carbocycles. The van der Waals surface area contributed by atoms with Crippen molar-refractivity contribution in [2.75, 3.05) is 13.1 Å². The average Bonchev–Trinajstić information content (AvgIpc) is 3.12. The minimum absolute atomic E-state index is 0.207. The van der Waals surface area contributed by atoms with E-state index in [9.17, 15) is 32.3 Å². The molecule has 0 radical (unpaired) electrons. The van der Waals surface area contributed by atoms with Crippen LogP contribution < -0.4 is 10.6 Å². The molecule has 2 saturated heterocycles. The van der Waals surface area contributed by atoms with E-state index < -0.39 is 36.2 Å². The number of nitrogens with one attached hydrogen (secondary N) is 2. The zero-order chi connectivity index (χ0) is 20.5. The molecule has 1 aromatic carbocycles. The molecule has 0 spiro atoms. The number of imide groups is 1. The molecule has 3 rings (SSSR count). The van der Waals surface area contributed by atoms with Crippen molar-refractivity contribution in [3.8, 4) is 0 Å². The van der Waals surface area contributed by atoms with E-state index >= 15 is 0 Å². The van der Waals surface area contributed by atoms with Gasteiger partial charge in [0.2, 0.25) is 11.8 Å². The van der Waals surface area contributed by atoms with Crippen LogP contribution in [0, 0.1) is 0 Å². The quantitative estimate of drug-likeness (QED) is 0.715. The Bertz CT molecular complexity index is 814. The molecule has 2 aliphatic heterocycles. The van der Waals surface area contributed by atoms with Gasteiger partial charge in [0.1, 0.15) is 0 Å². The fraction of sp³-hybridized carbons (Fsp3) is 0.412.